The van der Waals surface area contributed by atoms with E-state index in [9.17, 15) is 0 Å². The molecule has 0 bridgehead atoms. The number of hydrogen-bond acceptors (Lipinski definition) is 0. The number of hydrogen-bond donors (Lipinski definition) is 0. The molecule has 2 aromatic carbocycles. The molecule has 0 aliphatic carbocycles. The van der Waals surface area contributed by atoms with E-state index < -0.39 is 0 Å². The third-order valence-electron chi connectivity index (χ3n) is 2.60. The first-order valence-electron chi connectivity index (χ1n) is 4.97. The van der Waals surface area contributed by atoms with E-state index in [1.807, 2.05) is 12.1 Å². The Bertz CT molecular complexity index is 503. The van der Waals surface area contributed by atoms with Crippen LogP contribution in [0.1, 0.15) is 25.3 Å². The van der Waals surface area contributed by atoms with Gasteiger partial charge in [0.1, 0.15) is 0 Å². The predicted octanol–water partition coefficient (Wildman–Crippen LogP) is 5.38. The Morgan fingerprint density at radius 2 is 1.80 bits per heavy atom. The standard InChI is InChI=1S/C13H12BrCl/c1-8(2)9-3-4-10-11(7-9)12(14)5-6-13(10)15/h3-8H,1-2H3. The summed E-state index contributed by atoms with van der Waals surface area (Å²) in [6.45, 7) is 4.39. The minimum atomic E-state index is 0.542. The third kappa shape index (κ3) is 2.04. The summed E-state index contributed by atoms with van der Waals surface area (Å²) < 4.78 is 1.10. The van der Waals surface area contributed by atoms with Gasteiger partial charge in [0.2, 0.25) is 0 Å². The van der Waals surface area contributed by atoms with Gasteiger partial charge in [0.15, 0.2) is 0 Å². The van der Waals surface area contributed by atoms with Gasteiger partial charge >= 0.3 is 0 Å². The number of halogens is 2. The Morgan fingerprint density at radius 3 is 2.47 bits per heavy atom. The van der Waals surface area contributed by atoms with Crippen LogP contribution in [0, 0.1) is 0 Å². The molecule has 0 aliphatic heterocycles. The van der Waals surface area contributed by atoms with Crippen LogP contribution in [0.15, 0.2) is 34.8 Å². The second-order valence-electron chi connectivity index (χ2n) is 3.99. The van der Waals surface area contributed by atoms with Gasteiger partial charge in [0.25, 0.3) is 0 Å². The summed E-state index contributed by atoms with van der Waals surface area (Å²) in [5.41, 5.74) is 1.34. The monoisotopic (exact) mass is 282 g/mol. The molecule has 0 N–H and O–H groups in total. The van der Waals surface area contributed by atoms with Crippen molar-refractivity contribution in [1.82, 2.24) is 0 Å². The molecule has 0 heterocycles. The zero-order chi connectivity index (χ0) is 11.0. The normalized spacial score (nSPS) is 11.3. The fraction of sp³-hybridized carbons (Fsp3) is 0.231. The summed E-state index contributed by atoms with van der Waals surface area (Å²) in [7, 11) is 0. The summed E-state index contributed by atoms with van der Waals surface area (Å²) in [6.07, 6.45) is 0. The van der Waals surface area contributed by atoms with Gasteiger partial charge in [-0.1, -0.05) is 53.5 Å². The van der Waals surface area contributed by atoms with Crippen molar-refractivity contribution in [3.8, 4) is 0 Å². The van der Waals surface area contributed by atoms with Crippen LogP contribution in [0.25, 0.3) is 10.8 Å². The molecule has 0 nitrogen and oxygen atoms in total. The molecule has 0 aliphatic rings. The molecule has 0 aromatic heterocycles. The van der Waals surface area contributed by atoms with E-state index in [4.69, 9.17) is 11.6 Å². The Hall–Kier alpha value is -0.530. The Labute approximate surface area is 103 Å². The topological polar surface area (TPSA) is 0 Å². The minimum Gasteiger partial charge on any atom is -0.0837 e. The molecule has 0 saturated carbocycles. The summed E-state index contributed by atoms with van der Waals surface area (Å²) in [5, 5.41) is 3.10. The molecule has 0 unspecified atom stereocenters. The Balaban J connectivity index is 2.76. The van der Waals surface area contributed by atoms with Crippen LogP contribution in [0.3, 0.4) is 0 Å². The van der Waals surface area contributed by atoms with Crippen molar-refractivity contribution in [2.75, 3.05) is 0 Å². The van der Waals surface area contributed by atoms with Gasteiger partial charge in [-0.3, -0.25) is 0 Å². The highest BCUT2D eigenvalue weighted by molar-refractivity contribution is 9.10. The van der Waals surface area contributed by atoms with E-state index in [0.29, 0.717) is 5.92 Å². The quantitative estimate of drug-likeness (QED) is 0.659. The third-order valence-corrected chi connectivity index (χ3v) is 3.62. The molecule has 0 atom stereocenters. The molecule has 15 heavy (non-hydrogen) atoms. The largest absolute Gasteiger partial charge is 0.0837 e. The Morgan fingerprint density at radius 1 is 1.07 bits per heavy atom. The van der Waals surface area contributed by atoms with Gasteiger partial charge < -0.3 is 0 Å². The molecule has 0 fully saturated rings. The fourth-order valence-electron chi connectivity index (χ4n) is 1.65. The smallest absolute Gasteiger partial charge is 0.0485 e. The maximum Gasteiger partial charge on any atom is 0.0485 e. The molecule has 0 saturated heterocycles. The van der Waals surface area contributed by atoms with Gasteiger partial charge in [-0.2, -0.15) is 0 Å². The average molecular weight is 284 g/mol. The van der Waals surface area contributed by atoms with Crippen LogP contribution in [0.5, 0.6) is 0 Å². The SMILES string of the molecule is CC(C)c1ccc2c(Cl)ccc(Br)c2c1. The van der Waals surface area contributed by atoms with E-state index in [1.165, 1.54) is 10.9 Å². The summed E-state index contributed by atoms with van der Waals surface area (Å²) in [6, 6.07) is 10.4. The van der Waals surface area contributed by atoms with Crippen molar-refractivity contribution in [2.24, 2.45) is 0 Å². The first-order valence-corrected chi connectivity index (χ1v) is 6.14. The van der Waals surface area contributed by atoms with Crippen molar-refractivity contribution in [1.29, 1.82) is 0 Å². The van der Waals surface area contributed by atoms with E-state index in [0.717, 1.165) is 14.9 Å². The lowest BCUT2D eigenvalue weighted by Gasteiger charge is -2.09. The minimum absolute atomic E-state index is 0.542. The highest BCUT2D eigenvalue weighted by Gasteiger charge is 2.05. The molecule has 0 amide bonds. The van der Waals surface area contributed by atoms with Gasteiger partial charge in [-0.05, 0) is 35.1 Å². The molecule has 2 rings (SSSR count). The van der Waals surface area contributed by atoms with Crippen LogP contribution in [-0.4, -0.2) is 0 Å². The zero-order valence-electron chi connectivity index (χ0n) is 8.72. The van der Waals surface area contributed by atoms with Gasteiger partial charge in [-0.15, -0.1) is 0 Å². The average Bonchev–Trinajstić information content (AvgIpc) is 2.23. The number of fused-ring (bicyclic) bond motifs is 1. The lowest BCUT2D eigenvalue weighted by molar-refractivity contribution is 0.869. The molecule has 0 radical (unpaired) electrons. The number of benzene rings is 2. The lowest BCUT2D eigenvalue weighted by Crippen LogP contribution is -1.87. The van der Waals surface area contributed by atoms with Crippen LogP contribution >= 0.6 is 27.5 Å². The summed E-state index contributed by atoms with van der Waals surface area (Å²) >= 11 is 9.70. The van der Waals surface area contributed by atoms with Crippen LogP contribution < -0.4 is 0 Å². The second-order valence-corrected chi connectivity index (χ2v) is 5.25. The second kappa shape index (κ2) is 4.15. The molecule has 0 spiro atoms. The highest BCUT2D eigenvalue weighted by atomic mass is 79.9. The van der Waals surface area contributed by atoms with E-state index in [2.05, 4.69) is 48.0 Å². The molecular formula is C13H12BrCl. The van der Waals surface area contributed by atoms with Crippen LogP contribution in [0.4, 0.5) is 0 Å². The van der Waals surface area contributed by atoms with E-state index in [-0.39, 0.29) is 0 Å². The lowest BCUT2D eigenvalue weighted by atomic mass is 9.99. The van der Waals surface area contributed by atoms with E-state index in [1.54, 1.807) is 0 Å². The van der Waals surface area contributed by atoms with E-state index >= 15 is 0 Å². The van der Waals surface area contributed by atoms with Gasteiger partial charge in [0, 0.05) is 14.9 Å². The maximum absolute atomic E-state index is 6.14. The zero-order valence-corrected chi connectivity index (χ0v) is 11.1. The predicted molar refractivity (Wildman–Crippen MR) is 70.7 cm³/mol. The highest BCUT2D eigenvalue weighted by Crippen LogP contribution is 2.32. The fourth-order valence-corrected chi connectivity index (χ4v) is 2.34. The first kappa shape index (κ1) is 11.0. The summed E-state index contributed by atoms with van der Waals surface area (Å²) in [4.78, 5) is 0. The van der Waals surface area contributed by atoms with Gasteiger partial charge in [0.05, 0.1) is 0 Å². The van der Waals surface area contributed by atoms with Gasteiger partial charge in [-0.25, -0.2) is 0 Å². The van der Waals surface area contributed by atoms with Crippen molar-refractivity contribution in [3.63, 3.8) is 0 Å². The maximum atomic E-state index is 6.14. The van der Waals surface area contributed by atoms with Crippen molar-refractivity contribution in [3.05, 3.63) is 45.4 Å². The van der Waals surface area contributed by atoms with Crippen molar-refractivity contribution in [2.45, 2.75) is 19.8 Å². The summed E-state index contributed by atoms with van der Waals surface area (Å²) in [5.74, 6) is 0.542. The van der Waals surface area contributed by atoms with Crippen molar-refractivity contribution >= 4 is 38.3 Å². The first-order chi connectivity index (χ1) is 7.09. The molecule has 2 aromatic rings. The molecule has 78 valence electrons. The molecule has 2 heteroatoms. The van der Waals surface area contributed by atoms with Crippen LogP contribution in [0.2, 0.25) is 5.02 Å². The number of rotatable bonds is 1. The Kier molecular flexibility index (Phi) is 3.03. The molecular weight excluding hydrogens is 272 g/mol. The van der Waals surface area contributed by atoms with Crippen molar-refractivity contribution < 1.29 is 0 Å². The van der Waals surface area contributed by atoms with Crippen LogP contribution in [-0.2, 0) is 0 Å².